The van der Waals surface area contributed by atoms with Crippen LogP contribution in [0.25, 0.3) is 0 Å². The van der Waals surface area contributed by atoms with Gasteiger partial charge in [0.1, 0.15) is 5.75 Å². The molecule has 0 saturated carbocycles. The predicted octanol–water partition coefficient (Wildman–Crippen LogP) is 2.05. The molecule has 1 rings (SSSR count). The SMILES string of the molecule is CCN(CC)CC(C)NCC(O)c1cccc(OC)c1. The number of aliphatic hydroxyl groups is 1. The van der Waals surface area contributed by atoms with Crippen molar-refractivity contribution < 1.29 is 9.84 Å². The lowest BCUT2D eigenvalue weighted by Gasteiger charge is -2.24. The Labute approximate surface area is 122 Å². The van der Waals surface area contributed by atoms with Gasteiger partial charge in [0.05, 0.1) is 13.2 Å². The molecule has 20 heavy (non-hydrogen) atoms. The summed E-state index contributed by atoms with van der Waals surface area (Å²) in [6.07, 6.45) is -0.510. The first-order chi connectivity index (χ1) is 9.60. The molecule has 114 valence electrons. The molecule has 0 bridgehead atoms. The van der Waals surface area contributed by atoms with E-state index in [1.54, 1.807) is 7.11 Å². The van der Waals surface area contributed by atoms with Crippen LogP contribution in [0.3, 0.4) is 0 Å². The van der Waals surface area contributed by atoms with Gasteiger partial charge in [-0.25, -0.2) is 0 Å². The molecule has 2 N–H and O–H groups in total. The monoisotopic (exact) mass is 280 g/mol. The topological polar surface area (TPSA) is 44.7 Å². The first-order valence-corrected chi connectivity index (χ1v) is 7.38. The molecule has 1 aromatic rings. The molecule has 0 heterocycles. The number of likely N-dealkylation sites (N-methyl/N-ethyl adjacent to an activating group) is 1. The van der Waals surface area contributed by atoms with E-state index in [1.165, 1.54) is 0 Å². The fourth-order valence-corrected chi connectivity index (χ4v) is 2.21. The zero-order chi connectivity index (χ0) is 15.0. The summed E-state index contributed by atoms with van der Waals surface area (Å²) in [5.41, 5.74) is 0.881. The lowest BCUT2D eigenvalue weighted by Crippen LogP contribution is -2.40. The maximum absolute atomic E-state index is 10.2. The Bertz CT molecular complexity index is 380. The van der Waals surface area contributed by atoms with Crippen LogP contribution in [0.2, 0.25) is 0 Å². The molecule has 0 aliphatic heterocycles. The number of nitrogens with one attached hydrogen (secondary N) is 1. The highest BCUT2D eigenvalue weighted by atomic mass is 16.5. The van der Waals surface area contributed by atoms with E-state index < -0.39 is 6.10 Å². The second kappa shape index (κ2) is 8.95. The van der Waals surface area contributed by atoms with E-state index in [2.05, 4.69) is 31.0 Å². The van der Waals surface area contributed by atoms with Gasteiger partial charge in [-0.15, -0.1) is 0 Å². The average molecular weight is 280 g/mol. The molecule has 2 unspecified atom stereocenters. The van der Waals surface area contributed by atoms with Gasteiger partial charge in [0.25, 0.3) is 0 Å². The number of rotatable bonds is 9. The molecule has 0 aliphatic carbocycles. The molecule has 0 saturated heterocycles. The summed E-state index contributed by atoms with van der Waals surface area (Å²) in [6.45, 7) is 10.1. The molecule has 4 heteroatoms. The van der Waals surface area contributed by atoms with Crippen LogP contribution < -0.4 is 10.1 Å². The van der Waals surface area contributed by atoms with E-state index in [9.17, 15) is 5.11 Å². The minimum Gasteiger partial charge on any atom is -0.497 e. The maximum Gasteiger partial charge on any atom is 0.119 e. The smallest absolute Gasteiger partial charge is 0.119 e. The van der Waals surface area contributed by atoms with Crippen molar-refractivity contribution in [1.29, 1.82) is 0 Å². The minimum atomic E-state index is -0.510. The normalized spacial score (nSPS) is 14.3. The summed E-state index contributed by atoms with van der Waals surface area (Å²) in [5, 5.41) is 13.6. The van der Waals surface area contributed by atoms with Crippen molar-refractivity contribution in [2.75, 3.05) is 33.3 Å². The second-order valence-electron chi connectivity index (χ2n) is 5.09. The van der Waals surface area contributed by atoms with Crippen molar-refractivity contribution in [2.24, 2.45) is 0 Å². The third-order valence-electron chi connectivity index (χ3n) is 3.56. The molecule has 1 aromatic carbocycles. The van der Waals surface area contributed by atoms with Gasteiger partial charge in [-0.2, -0.15) is 0 Å². The zero-order valence-electron chi connectivity index (χ0n) is 13.1. The van der Waals surface area contributed by atoms with Gasteiger partial charge in [0.15, 0.2) is 0 Å². The molecule has 0 radical (unpaired) electrons. The van der Waals surface area contributed by atoms with E-state index in [0.717, 1.165) is 30.9 Å². The maximum atomic E-state index is 10.2. The Morgan fingerprint density at radius 2 is 2.00 bits per heavy atom. The lowest BCUT2D eigenvalue weighted by atomic mass is 10.1. The second-order valence-corrected chi connectivity index (χ2v) is 5.09. The highest BCUT2D eigenvalue weighted by molar-refractivity contribution is 5.29. The Morgan fingerprint density at radius 1 is 1.30 bits per heavy atom. The van der Waals surface area contributed by atoms with Gasteiger partial charge in [-0.05, 0) is 37.7 Å². The molecule has 2 atom stereocenters. The van der Waals surface area contributed by atoms with E-state index in [1.807, 2.05) is 24.3 Å². The lowest BCUT2D eigenvalue weighted by molar-refractivity contribution is 0.164. The molecule has 0 aromatic heterocycles. The first-order valence-electron chi connectivity index (χ1n) is 7.38. The molecule has 0 aliphatic rings. The Balaban J connectivity index is 2.43. The van der Waals surface area contributed by atoms with Crippen LogP contribution in [0.5, 0.6) is 5.75 Å². The van der Waals surface area contributed by atoms with Crippen LogP contribution in [0.15, 0.2) is 24.3 Å². The van der Waals surface area contributed by atoms with Gasteiger partial charge in [0.2, 0.25) is 0 Å². The Hall–Kier alpha value is -1.10. The molecule has 0 fully saturated rings. The summed E-state index contributed by atoms with van der Waals surface area (Å²) in [5.74, 6) is 0.776. The van der Waals surface area contributed by atoms with Crippen molar-refractivity contribution in [1.82, 2.24) is 10.2 Å². The quantitative estimate of drug-likeness (QED) is 0.727. The fourth-order valence-electron chi connectivity index (χ4n) is 2.21. The van der Waals surface area contributed by atoms with Gasteiger partial charge in [-0.1, -0.05) is 26.0 Å². The fraction of sp³-hybridized carbons (Fsp3) is 0.625. The van der Waals surface area contributed by atoms with Crippen molar-refractivity contribution in [3.05, 3.63) is 29.8 Å². The van der Waals surface area contributed by atoms with Crippen molar-refractivity contribution in [3.8, 4) is 5.75 Å². The Morgan fingerprint density at radius 3 is 2.60 bits per heavy atom. The van der Waals surface area contributed by atoms with Crippen molar-refractivity contribution in [2.45, 2.75) is 32.9 Å². The number of nitrogens with zero attached hydrogens (tertiary/aromatic N) is 1. The van der Waals surface area contributed by atoms with Crippen LogP contribution in [0.4, 0.5) is 0 Å². The standard InChI is InChI=1S/C16H28N2O2/c1-5-18(6-2)12-13(3)17-11-16(19)14-8-7-9-15(10-14)20-4/h7-10,13,16-17,19H,5-6,11-12H2,1-4H3. The molecule has 4 nitrogen and oxygen atoms in total. The summed E-state index contributed by atoms with van der Waals surface area (Å²) < 4.78 is 5.17. The summed E-state index contributed by atoms with van der Waals surface area (Å²) in [7, 11) is 1.63. The van der Waals surface area contributed by atoms with Crippen LogP contribution in [-0.2, 0) is 0 Å². The molecule has 0 spiro atoms. The summed E-state index contributed by atoms with van der Waals surface area (Å²) in [4.78, 5) is 2.37. The Kier molecular flexibility index (Phi) is 7.59. The molecular formula is C16H28N2O2. The number of aliphatic hydroxyl groups excluding tert-OH is 1. The van der Waals surface area contributed by atoms with Crippen LogP contribution in [-0.4, -0.2) is 49.3 Å². The van der Waals surface area contributed by atoms with E-state index in [-0.39, 0.29) is 0 Å². The van der Waals surface area contributed by atoms with Crippen LogP contribution >= 0.6 is 0 Å². The summed E-state index contributed by atoms with van der Waals surface area (Å²) in [6, 6.07) is 7.93. The van der Waals surface area contributed by atoms with Crippen molar-refractivity contribution >= 4 is 0 Å². The van der Waals surface area contributed by atoms with Gasteiger partial charge >= 0.3 is 0 Å². The minimum absolute atomic E-state index is 0.357. The van der Waals surface area contributed by atoms with Gasteiger partial charge in [0, 0.05) is 19.1 Å². The molecule has 0 amide bonds. The first kappa shape index (κ1) is 17.0. The number of methoxy groups -OCH3 is 1. The number of hydrogen-bond acceptors (Lipinski definition) is 4. The zero-order valence-corrected chi connectivity index (χ0v) is 13.1. The predicted molar refractivity (Wildman–Crippen MR) is 83.2 cm³/mol. The largest absolute Gasteiger partial charge is 0.497 e. The van der Waals surface area contributed by atoms with E-state index >= 15 is 0 Å². The molecular weight excluding hydrogens is 252 g/mol. The third-order valence-corrected chi connectivity index (χ3v) is 3.56. The number of hydrogen-bond donors (Lipinski definition) is 2. The van der Waals surface area contributed by atoms with Gasteiger partial charge in [-0.3, -0.25) is 0 Å². The number of ether oxygens (including phenoxy) is 1. The van der Waals surface area contributed by atoms with Gasteiger partial charge < -0.3 is 20.1 Å². The summed E-state index contributed by atoms with van der Waals surface area (Å²) >= 11 is 0. The van der Waals surface area contributed by atoms with Crippen LogP contribution in [0, 0.1) is 0 Å². The highest BCUT2D eigenvalue weighted by Crippen LogP contribution is 2.18. The van der Waals surface area contributed by atoms with E-state index in [4.69, 9.17) is 4.74 Å². The third kappa shape index (κ3) is 5.49. The van der Waals surface area contributed by atoms with E-state index in [0.29, 0.717) is 12.6 Å². The average Bonchev–Trinajstić information content (AvgIpc) is 2.50. The highest BCUT2D eigenvalue weighted by Gasteiger charge is 2.11. The van der Waals surface area contributed by atoms with Crippen LogP contribution in [0.1, 0.15) is 32.4 Å². The number of benzene rings is 1. The van der Waals surface area contributed by atoms with Crippen molar-refractivity contribution in [3.63, 3.8) is 0 Å².